The van der Waals surface area contributed by atoms with Crippen LogP contribution in [-0.4, -0.2) is 30.9 Å². The molecule has 0 bridgehead atoms. The van der Waals surface area contributed by atoms with Crippen LogP contribution in [0.15, 0.2) is 18.2 Å². The summed E-state index contributed by atoms with van der Waals surface area (Å²) in [5.41, 5.74) is 0.811. The van der Waals surface area contributed by atoms with Crippen molar-refractivity contribution in [2.45, 2.75) is 13.0 Å². The third-order valence-electron chi connectivity index (χ3n) is 3.78. The molecule has 1 saturated carbocycles. The van der Waals surface area contributed by atoms with Gasteiger partial charge in [0, 0.05) is 11.6 Å². The van der Waals surface area contributed by atoms with Gasteiger partial charge in [0.2, 0.25) is 11.8 Å². The summed E-state index contributed by atoms with van der Waals surface area (Å²) in [4.78, 5) is 25.2. The minimum absolute atomic E-state index is 0.0483. The Bertz CT molecular complexity index is 534. The average molecular weight is 261 g/mol. The SMILES string of the molecule is COc1ccc(CN2C(=O)C3CC3C2=O)c(OC)c1. The molecule has 2 fully saturated rings. The third-order valence-corrected chi connectivity index (χ3v) is 3.78. The largest absolute Gasteiger partial charge is 0.497 e. The lowest BCUT2D eigenvalue weighted by molar-refractivity contribution is -0.142. The smallest absolute Gasteiger partial charge is 0.233 e. The molecular formula is C14H15NO4. The van der Waals surface area contributed by atoms with E-state index in [1.54, 1.807) is 26.4 Å². The summed E-state index contributed by atoms with van der Waals surface area (Å²) in [5.74, 6) is 1.09. The summed E-state index contributed by atoms with van der Waals surface area (Å²) in [6.45, 7) is 0.276. The monoisotopic (exact) mass is 261 g/mol. The molecule has 1 aromatic carbocycles. The molecule has 3 rings (SSSR count). The first-order chi connectivity index (χ1) is 9.15. The lowest BCUT2D eigenvalue weighted by Crippen LogP contribution is -2.32. The van der Waals surface area contributed by atoms with Gasteiger partial charge in [0.15, 0.2) is 0 Å². The van der Waals surface area contributed by atoms with Crippen LogP contribution in [0.5, 0.6) is 11.5 Å². The predicted molar refractivity (Wildman–Crippen MR) is 66.7 cm³/mol. The van der Waals surface area contributed by atoms with Gasteiger partial charge in [0.25, 0.3) is 0 Å². The highest BCUT2D eigenvalue weighted by Crippen LogP contribution is 2.47. The Morgan fingerprint density at radius 1 is 1.16 bits per heavy atom. The number of nitrogens with zero attached hydrogens (tertiary/aromatic N) is 1. The lowest BCUT2D eigenvalue weighted by Gasteiger charge is -2.18. The predicted octanol–water partition coefficient (Wildman–Crippen LogP) is 1.21. The van der Waals surface area contributed by atoms with E-state index in [0.717, 1.165) is 12.0 Å². The van der Waals surface area contributed by atoms with Crippen LogP contribution in [-0.2, 0) is 16.1 Å². The number of hydrogen-bond donors (Lipinski definition) is 0. The molecule has 1 aliphatic carbocycles. The van der Waals surface area contributed by atoms with Gasteiger partial charge in [-0.05, 0) is 18.6 Å². The molecule has 1 aromatic rings. The van der Waals surface area contributed by atoms with Gasteiger partial charge < -0.3 is 9.47 Å². The maximum Gasteiger partial charge on any atom is 0.233 e. The molecule has 0 aromatic heterocycles. The number of imide groups is 1. The molecule has 2 amide bonds. The molecule has 100 valence electrons. The fourth-order valence-corrected chi connectivity index (χ4v) is 2.56. The van der Waals surface area contributed by atoms with E-state index in [1.807, 2.05) is 6.07 Å². The number of methoxy groups -OCH3 is 2. The van der Waals surface area contributed by atoms with Crippen LogP contribution in [0, 0.1) is 11.8 Å². The van der Waals surface area contributed by atoms with E-state index >= 15 is 0 Å². The second-order valence-electron chi connectivity index (χ2n) is 4.89. The Morgan fingerprint density at radius 2 is 1.84 bits per heavy atom. The Balaban J connectivity index is 1.83. The zero-order chi connectivity index (χ0) is 13.6. The van der Waals surface area contributed by atoms with Crippen molar-refractivity contribution in [3.63, 3.8) is 0 Å². The first-order valence-electron chi connectivity index (χ1n) is 6.22. The van der Waals surface area contributed by atoms with Gasteiger partial charge in [-0.2, -0.15) is 0 Å². The third kappa shape index (κ3) is 1.85. The number of piperidine rings is 1. The molecule has 5 nitrogen and oxygen atoms in total. The van der Waals surface area contributed by atoms with E-state index in [-0.39, 0.29) is 30.2 Å². The summed E-state index contributed by atoms with van der Waals surface area (Å²) in [7, 11) is 3.14. The number of carbonyl (C=O) groups excluding carboxylic acids is 2. The van der Waals surface area contributed by atoms with Gasteiger partial charge >= 0.3 is 0 Å². The van der Waals surface area contributed by atoms with Gasteiger partial charge in [-0.15, -0.1) is 0 Å². The second-order valence-corrected chi connectivity index (χ2v) is 4.89. The van der Waals surface area contributed by atoms with Crippen LogP contribution in [0.4, 0.5) is 0 Å². The zero-order valence-electron chi connectivity index (χ0n) is 10.9. The molecule has 1 saturated heterocycles. The van der Waals surface area contributed by atoms with Gasteiger partial charge in [-0.3, -0.25) is 14.5 Å². The number of carbonyl (C=O) groups is 2. The molecule has 0 N–H and O–H groups in total. The summed E-state index contributed by atoms with van der Waals surface area (Å²) < 4.78 is 10.4. The van der Waals surface area contributed by atoms with E-state index in [2.05, 4.69) is 0 Å². The number of ether oxygens (including phenoxy) is 2. The Labute approximate surface area is 111 Å². The second kappa shape index (κ2) is 4.26. The van der Waals surface area contributed by atoms with Gasteiger partial charge in [-0.1, -0.05) is 0 Å². The van der Waals surface area contributed by atoms with Crippen molar-refractivity contribution < 1.29 is 19.1 Å². The van der Waals surface area contributed by atoms with Crippen molar-refractivity contribution in [1.29, 1.82) is 0 Å². The van der Waals surface area contributed by atoms with Crippen molar-refractivity contribution in [1.82, 2.24) is 4.90 Å². The van der Waals surface area contributed by atoms with Crippen molar-refractivity contribution in [3.05, 3.63) is 23.8 Å². The fraction of sp³-hybridized carbons (Fsp3) is 0.429. The maximum atomic E-state index is 11.9. The molecule has 0 radical (unpaired) electrons. The highest BCUT2D eigenvalue weighted by Gasteiger charge is 2.58. The summed E-state index contributed by atoms with van der Waals surface area (Å²) >= 11 is 0. The van der Waals surface area contributed by atoms with E-state index < -0.39 is 0 Å². The maximum absolute atomic E-state index is 11.9. The van der Waals surface area contributed by atoms with Gasteiger partial charge in [0.1, 0.15) is 11.5 Å². The average Bonchev–Trinajstić information content (AvgIpc) is 3.19. The van der Waals surface area contributed by atoms with Gasteiger partial charge in [0.05, 0.1) is 32.6 Å². The van der Waals surface area contributed by atoms with Crippen LogP contribution >= 0.6 is 0 Å². The normalized spacial score (nSPS) is 24.4. The molecule has 0 spiro atoms. The molecule has 1 heterocycles. The number of likely N-dealkylation sites (tertiary alicyclic amines) is 1. The molecule has 1 aliphatic heterocycles. The standard InChI is InChI=1S/C14H15NO4/c1-18-9-4-3-8(12(5-9)19-2)7-15-13(16)10-6-11(10)14(15)17/h3-5,10-11H,6-7H2,1-2H3. The van der Waals surface area contributed by atoms with E-state index in [1.165, 1.54) is 4.90 Å². The Morgan fingerprint density at radius 3 is 2.42 bits per heavy atom. The number of amides is 2. The summed E-state index contributed by atoms with van der Waals surface area (Å²) in [6.07, 6.45) is 0.730. The van der Waals surface area contributed by atoms with Crippen LogP contribution in [0.2, 0.25) is 0 Å². The summed E-state index contributed by atoms with van der Waals surface area (Å²) in [6, 6.07) is 5.37. The van der Waals surface area contributed by atoms with E-state index in [9.17, 15) is 9.59 Å². The van der Waals surface area contributed by atoms with Crippen molar-refractivity contribution in [3.8, 4) is 11.5 Å². The molecule has 2 aliphatic rings. The fourth-order valence-electron chi connectivity index (χ4n) is 2.56. The van der Waals surface area contributed by atoms with Crippen molar-refractivity contribution in [2.24, 2.45) is 11.8 Å². The Kier molecular flexibility index (Phi) is 2.69. The molecule has 5 heteroatoms. The number of rotatable bonds is 4. The molecule has 19 heavy (non-hydrogen) atoms. The minimum atomic E-state index is -0.0586. The van der Waals surface area contributed by atoms with Gasteiger partial charge in [-0.25, -0.2) is 0 Å². The van der Waals surface area contributed by atoms with Crippen LogP contribution in [0.1, 0.15) is 12.0 Å². The lowest BCUT2D eigenvalue weighted by atomic mass is 10.1. The first-order valence-corrected chi connectivity index (χ1v) is 6.22. The first kappa shape index (κ1) is 12.0. The Hall–Kier alpha value is -2.04. The summed E-state index contributed by atoms with van der Waals surface area (Å²) in [5, 5.41) is 0. The molecule has 2 unspecified atom stereocenters. The van der Waals surface area contributed by atoms with Crippen LogP contribution in [0.25, 0.3) is 0 Å². The van der Waals surface area contributed by atoms with Crippen LogP contribution < -0.4 is 9.47 Å². The van der Waals surface area contributed by atoms with Crippen molar-refractivity contribution >= 4 is 11.8 Å². The minimum Gasteiger partial charge on any atom is -0.497 e. The van der Waals surface area contributed by atoms with E-state index in [0.29, 0.717) is 11.5 Å². The van der Waals surface area contributed by atoms with E-state index in [4.69, 9.17) is 9.47 Å². The number of hydrogen-bond acceptors (Lipinski definition) is 4. The number of benzene rings is 1. The van der Waals surface area contributed by atoms with Crippen molar-refractivity contribution in [2.75, 3.05) is 14.2 Å². The molecular weight excluding hydrogens is 246 g/mol. The zero-order valence-corrected chi connectivity index (χ0v) is 10.9. The number of fused-ring (bicyclic) bond motifs is 1. The highest BCUT2D eigenvalue weighted by molar-refractivity contribution is 6.08. The topological polar surface area (TPSA) is 55.8 Å². The van der Waals surface area contributed by atoms with Crippen LogP contribution in [0.3, 0.4) is 0 Å². The quantitative estimate of drug-likeness (QED) is 0.764. The highest BCUT2D eigenvalue weighted by atomic mass is 16.5. The molecule has 2 atom stereocenters.